The molecule has 0 spiro atoms. The Morgan fingerprint density at radius 1 is 1.27 bits per heavy atom. The van der Waals surface area contributed by atoms with Crippen molar-refractivity contribution < 1.29 is 4.79 Å². The minimum absolute atomic E-state index is 0.167. The fourth-order valence-corrected chi connectivity index (χ4v) is 4.01. The van der Waals surface area contributed by atoms with E-state index in [1.807, 2.05) is 18.2 Å². The molecule has 1 N–H and O–H groups in total. The molecule has 136 valence electrons. The highest BCUT2D eigenvalue weighted by atomic mass is 16.2. The van der Waals surface area contributed by atoms with Gasteiger partial charge in [0.05, 0.1) is 6.21 Å². The highest BCUT2D eigenvalue weighted by Crippen LogP contribution is 2.43. The molecule has 1 heterocycles. The first kappa shape index (κ1) is 18.2. The van der Waals surface area contributed by atoms with Crippen LogP contribution in [0.15, 0.2) is 53.6 Å². The molecular formula is C22H27N3O. The zero-order valence-corrected chi connectivity index (χ0v) is 16.0. The standard InChI is InChI=1S/C22H27N3O/c1-5-25-20-12-11-17(13-19(20)16(2)14-22(25,3)4)15-23-24-21(26)18-9-7-6-8-10-18/h6-13,15-16H,5,14H2,1-4H3,(H,24,26)/b23-15-/t16-/m1/s1. The second-order valence-electron chi connectivity index (χ2n) is 7.55. The van der Waals surface area contributed by atoms with Gasteiger partial charge in [0.25, 0.3) is 5.91 Å². The summed E-state index contributed by atoms with van der Waals surface area (Å²) in [7, 11) is 0. The third-order valence-corrected chi connectivity index (χ3v) is 5.14. The molecule has 1 atom stereocenters. The number of nitrogens with one attached hydrogen (secondary N) is 1. The van der Waals surface area contributed by atoms with Crippen molar-refractivity contribution in [2.24, 2.45) is 5.10 Å². The normalized spacial score (nSPS) is 18.6. The Kier molecular flexibility index (Phi) is 5.12. The van der Waals surface area contributed by atoms with Gasteiger partial charge in [-0.05, 0) is 68.5 Å². The third-order valence-electron chi connectivity index (χ3n) is 5.14. The van der Waals surface area contributed by atoms with Crippen molar-refractivity contribution in [2.75, 3.05) is 11.4 Å². The van der Waals surface area contributed by atoms with E-state index in [9.17, 15) is 4.79 Å². The van der Waals surface area contributed by atoms with E-state index in [1.54, 1.807) is 18.3 Å². The lowest BCUT2D eigenvalue weighted by Crippen LogP contribution is -2.48. The SMILES string of the molecule is CCN1c2ccc(/C=N\NC(=O)c3ccccc3)cc2[C@H](C)CC1(C)C. The van der Waals surface area contributed by atoms with Crippen LogP contribution in [0.3, 0.4) is 0 Å². The van der Waals surface area contributed by atoms with Gasteiger partial charge in [0, 0.05) is 23.3 Å². The lowest BCUT2D eigenvalue weighted by atomic mass is 9.79. The van der Waals surface area contributed by atoms with E-state index in [1.165, 1.54) is 11.3 Å². The van der Waals surface area contributed by atoms with Crippen molar-refractivity contribution in [3.8, 4) is 0 Å². The summed E-state index contributed by atoms with van der Waals surface area (Å²) >= 11 is 0. The zero-order chi connectivity index (χ0) is 18.7. The van der Waals surface area contributed by atoms with Gasteiger partial charge in [-0.15, -0.1) is 0 Å². The highest BCUT2D eigenvalue weighted by molar-refractivity contribution is 5.94. The van der Waals surface area contributed by atoms with Crippen molar-refractivity contribution in [2.45, 2.75) is 45.6 Å². The maximum absolute atomic E-state index is 12.0. The third kappa shape index (κ3) is 3.64. The predicted molar refractivity (Wildman–Crippen MR) is 108 cm³/mol. The fourth-order valence-electron chi connectivity index (χ4n) is 4.01. The molecule has 2 aromatic rings. The number of hydrogen-bond donors (Lipinski definition) is 1. The minimum Gasteiger partial charge on any atom is -0.366 e. The Morgan fingerprint density at radius 2 is 2.00 bits per heavy atom. The van der Waals surface area contributed by atoms with Gasteiger partial charge in [0.15, 0.2) is 0 Å². The fraction of sp³-hybridized carbons (Fsp3) is 0.364. The Bertz CT molecular complexity index is 811. The smallest absolute Gasteiger partial charge is 0.271 e. The quantitative estimate of drug-likeness (QED) is 0.649. The number of hydrazone groups is 1. The van der Waals surface area contributed by atoms with Crippen LogP contribution in [0.25, 0.3) is 0 Å². The predicted octanol–water partition coefficient (Wildman–Crippen LogP) is 4.56. The average molecular weight is 349 g/mol. The molecule has 1 aliphatic rings. The lowest BCUT2D eigenvalue weighted by Gasteiger charge is -2.47. The Morgan fingerprint density at radius 3 is 2.69 bits per heavy atom. The van der Waals surface area contributed by atoms with E-state index < -0.39 is 0 Å². The zero-order valence-electron chi connectivity index (χ0n) is 16.0. The summed E-state index contributed by atoms with van der Waals surface area (Å²) in [4.78, 5) is 14.5. The second-order valence-corrected chi connectivity index (χ2v) is 7.55. The maximum Gasteiger partial charge on any atom is 0.271 e. The van der Waals surface area contributed by atoms with Crippen LogP contribution in [0.5, 0.6) is 0 Å². The summed E-state index contributed by atoms with van der Waals surface area (Å²) < 4.78 is 0. The molecule has 0 saturated heterocycles. The molecule has 0 bridgehead atoms. The summed E-state index contributed by atoms with van der Waals surface area (Å²) in [6.07, 6.45) is 2.84. The van der Waals surface area contributed by atoms with Crippen LogP contribution in [0.2, 0.25) is 0 Å². The molecule has 4 nitrogen and oxygen atoms in total. The van der Waals surface area contributed by atoms with Gasteiger partial charge in [-0.3, -0.25) is 4.79 Å². The summed E-state index contributed by atoms with van der Waals surface area (Å²) in [6, 6.07) is 15.5. The van der Waals surface area contributed by atoms with E-state index in [4.69, 9.17) is 0 Å². The van der Waals surface area contributed by atoms with Crippen LogP contribution >= 0.6 is 0 Å². The van der Waals surface area contributed by atoms with Crippen LogP contribution < -0.4 is 10.3 Å². The summed E-state index contributed by atoms with van der Waals surface area (Å²) in [6.45, 7) is 10.1. The van der Waals surface area contributed by atoms with E-state index in [-0.39, 0.29) is 11.4 Å². The number of hydrogen-bond acceptors (Lipinski definition) is 3. The molecule has 0 radical (unpaired) electrons. The highest BCUT2D eigenvalue weighted by Gasteiger charge is 2.35. The molecule has 0 aliphatic carbocycles. The summed E-state index contributed by atoms with van der Waals surface area (Å²) in [5, 5.41) is 4.12. The van der Waals surface area contributed by atoms with Crippen molar-refractivity contribution in [3.63, 3.8) is 0 Å². The number of rotatable bonds is 4. The Hall–Kier alpha value is -2.62. The Balaban J connectivity index is 1.77. The lowest BCUT2D eigenvalue weighted by molar-refractivity contribution is 0.0955. The number of carbonyl (C=O) groups excluding carboxylic acids is 1. The number of anilines is 1. The van der Waals surface area contributed by atoms with Gasteiger partial charge >= 0.3 is 0 Å². The maximum atomic E-state index is 12.0. The van der Waals surface area contributed by atoms with Crippen molar-refractivity contribution in [1.82, 2.24) is 5.43 Å². The monoisotopic (exact) mass is 349 g/mol. The number of benzene rings is 2. The van der Waals surface area contributed by atoms with E-state index in [2.05, 4.69) is 61.3 Å². The molecule has 0 fully saturated rings. The van der Waals surface area contributed by atoms with Gasteiger partial charge in [-0.25, -0.2) is 5.43 Å². The van der Waals surface area contributed by atoms with E-state index >= 15 is 0 Å². The topological polar surface area (TPSA) is 44.7 Å². The van der Waals surface area contributed by atoms with Crippen LogP contribution in [0.4, 0.5) is 5.69 Å². The van der Waals surface area contributed by atoms with Crippen LogP contribution in [-0.4, -0.2) is 24.2 Å². The number of nitrogens with zero attached hydrogens (tertiary/aromatic N) is 2. The van der Waals surface area contributed by atoms with Crippen LogP contribution in [0, 0.1) is 0 Å². The van der Waals surface area contributed by atoms with Crippen molar-refractivity contribution in [1.29, 1.82) is 0 Å². The van der Waals surface area contributed by atoms with Crippen molar-refractivity contribution >= 4 is 17.8 Å². The van der Waals surface area contributed by atoms with Gasteiger partial charge in [-0.2, -0.15) is 5.10 Å². The van der Waals surface area contributed by atoms with Gasteiger partial charge in [-0.1, -0.05) is 31.2 Å². The number of amides is 1. The molecule has 0 aromatic heterocycles. The van der Waals surface area contributed by atoms with Gasteiger partial charge in [0.1, 0.15) is 0 Å². The largest absolute Gasteiger partial charge is 0.366 e. The van der Waals surface area contributed by atoms with Gasteiger partial charge < -0.3 is 4.90 Å². The first-order chi connectivity index (χ1) is 12.4. The van der Waals surface area contributed by atoms with E-state index in [0.717, 1.165) is 18.5 Å². The molecule has 1 aliphatic heterocycles. The summed E-state index contributed by atoms with van der Waals surface area (Å²) in [5.41, 5.74) is 7.02. The first-order valence-corrected chi connectivity index (χ1v) is 9.22. The number of carbonyl (C=O) groups is 1. The Labute approximate surface area is 155 Å². The number of fused-ring (bicyclic) bond motifs is 1. The molecule has 1 amide bonds. The molecular weight excluding hydrogens is 322 g/mol. The summed E-state index contributed by atoms with van der Waals surface area (Å²) in [5.74, 6) is 0.294. The van der Waals surface area contributed by atoms with Crippen molar-refractivity contribution in [3.05, 3.63) is 65.2 Å². The molecule has 4 heteroatoms. The van der Waals surface area contributed by atoms with Gasteiger partial charge in [0.2, 0.25) is 0 Å². The molecule has 2 aromatic carbocycles. The molecule has 0 saturated carbocycles. The first-order valence-electron chi connectivity index (χ1n) is 9.22. The average Bonchev–Trinajstić information content (AvgIpc) is 2.62. The van der Waals surface area contributed by atoms with E-state index in [0.29, 0.717) is 11.5 Å². The minimum atomic E-state index is -0.202. The second kappa shape index (κ2) is 7.32. The van der Waals surface area contributed by atoms with Crippen LogP contribution in [-0.2, 0) is 0 Å². The molecule has 26 heavy (non-hydrogen) atoms. The molecule has 3 rings (SSSR count). The molecule has 0 unspecified atom stereocenters. The van der Waals surface area contributed by atoms with Crippen LogP contribution in [0.1, 0.15) is 61.5 Å².